The van der Waals surface area contributed by atoms with Crippen LogP contribution in [0, 0.1) is 11.8 Å². The van der Waals surface area contributed by atoms with E-state index in [1.807, 2.05) is 31.2 Å². The summed E-state index contributed by atoms with van der Waals surface area (Å²) < 4.78 is 0. The first kappa shape index (κ1) is 7.51. The van der Waals surface area contributed by atoms with Crippen LogP contribution in [-0.2, 0) is 0 Å². The molecule has 0 saturated carbocycles. The van der Waals surface area contributed by atoms with Crippen molar-refractivity contribution in [1.82, 2.24) is 0 Å². The van der Waals surface area contributed by atoms with Gasteiger partial charge in [0.2, 0.25) is 0 Å². The molecule has 3 unspecified atom stereocenters. The Bertz CT molecular complexity index is 161. The molecule has 3 atom stereocenters. The van der Waals surface area contributed by atoms with Crippen LogP contribution in [0.25, 0.3) is 0 Å². The van der Waals surface area contributed by atoms with Crippen LogP contribution in [0.1, 0.15) is 6.92 Å². The minimum atomic E-state index is -0.726. The molecule has 3 N–H and O–H groups in total. The molecule has 0 radical (unpaired) electrons. The minimum absolute atomic E-state index is 0.0880. The molecule has 2 nitrogen and oxygen atoms in total. The molecule has 1 rings (SSSR count). The summed E-state index contributed by atoms with van der Waals surface area (Å²) in [5.41, 5.74) is 5.33. The highest BCUT2D eigenvalue weighted by atomic mass is 16.3. The van der Waals surface area contributed by atoms with Crippen molar-refractivity contribution < 1.29 is 5.11 Å². The van der Waals surface area contributed by atoms with Crippen molar-refractivity contribution in [1.29, 1.82) is 0 Å². The van der Waals surface area contributed by atoms with Crippen molar-refractivity contribution in [2.75, 3.05) is 0 Å². The van der Waals surface area contributed by atoms with E-state index in [1.165, 1.54) is 0 Å². The average Bonchev–Trinajstić information content (AvgIpc) is 1.88. The van der Waals surface area contributed by atoms with Gasteiger partial charge in [-0.25, -0.2) is 0 Å². The molecule has 56 valence electrons. The Kier molecular flexibility index (Phi) is 2.25. The Morgan fingerprint density at radius 1 is 1.40 bits per heavy atom. The summed E-state index contributed by atoms with van der Waals surface area (Å²) in [6, 6.07) is 0. The first-order valence-corrected chi connectivity index (χ1v) is 3.50. The summed E-state index contributed by atoms with van der Waals surface area (Å²) >= 11 is 0. The van der Waals surface area contributed by atoms with Gasteiger partial charge in [-0.1, -0.05) is 31.2 Å². The summed E-state index contributed by atoms with van der Waals surface area (Å²) in [5, 5.41) is 9.04. The fraction of sp³-hybridized carbons (Fsp3) is 0.500. The van der Waals surface area contributed by atoms with Crippen LogP contribution in [0.5, 0.6) is 0 Å². The maximum atomic E-state index is 9.04. The van der Waals surface area contributed by atoms with Crippen molar-refractivity contribution in [3.05, 3.63) is 24.3 Å². The van der Waals surface area contributed by atoms with Crippen LogP contribution in [-0.4, -0.2) is 11.3 Å². The lowest BCUT2D eigenvalue weighted by molar-refractivity contribution is 0.119. The van der Waals surface area contributed by atoms with Crippen LogP contribution in [0.4, 0.5) is 0 Å². The van der Waals surface area contributed by atoms with Crippen molar-refractivity contribution in [2.24, 2.45) is 17.6 Å². The highest BCUT2D eigenvalue weighted by molar-refractivity contribution is 5.14. The zero-order valence-electron chi connectivity index (χ0n) is 6.07. The molecule has 0 aliphatic heterocycles. The largest absolute Gasteiger partial charge is 0.378 e. The lowest BCUT2D eigenvalue weighted by atomic mass is 9.89. The molecular formula is C8H13NO. The Morgan fingerprint density at radius 2 is 2.00 bits per heavy atom. The van der Waals surface area contributed by atoms with Crippen LogP contribution in [0.3, 0.4) is 0 Å². The smallest absolute Gasteiger partial charge is 0.109 e. The van der Waals surface area contributed by atoms with Crippen molar-refractivity contribution in [3.63, 3.8) is 0 Å². The van der Waals surface area contributed by atoms with Gasteiger partial charge in [0.05, 0.1) is 0 Å². The van der Waals surface area contributed by atoms with E-state index in [2.05, 4.69) is 0 Å². The maximum Gasteiger partial charge on any atom is 0.109 e. The van der Waals surface area contributed by atoms with Gasteiger partial charge in [-0.05, 0) is 5.92 Å². The SMILES string of the molecule is CC1C=CC=CC1C(N)O. The molecular weight excluding hydrogens is 126 g/mol. The molecule has 0 spiro atoms. The lowest BCUT2D eigenvalue weighted by Crippen LogP contribution is -2.32. The Balaban J connectivity index is 2.61. The summed E-state index contributed by atoms with van der Waals surface area (Å²) in [4.78, 5) is 0. The van der Waals surface area contributed by atoms with E-state index in [-0.39, 0.29) is 5.92 Å². The monoisotopic (exact) mass is 139 g/mol. The first-order chi connectivity index (χ1) is 4.72. The van der Waals surface area contributed by atoms with Gasteiger partial charge in [-0.15, -0.1) is 0 Å². The Hall–Kier alpha value is -0.600. The Labute approximate surface area is 61.0 Å². The molecule has 10 heavy (non-hydrogen) atoms. The topological polar surface area (TPSA) is 46.2 Å². The molecule has 0 saturated heterocycles. The third-order valence-electron chi connectivity index (χ3n) is 1.86. The molecule has 1 aliphatic rings. The number of hydrogen-bond donors (Lipinski definition) is 2. The van der Waals surface area contributed by atoms with E-state index in [4.69, 9.17) is 10.8 Å². The zero-order chi connectivity index (χ0) is 7.56. The van der Waals surface area contributed by atoms with Crippen LogP contribution < -0.4 is 5.73 Å². The van der Waals surface area contributed by atoms with E-state index >= 15 is 0 Å². The predicted molar refractivity (Wildman–Crippen MR) is 41.1 cm³/mol. The molecule has 2 heteroatoms. The lowest BCUT2D eigenvalue weighted by Gasteiger charge is -2.22. The molecule has 0 heterocycles. The average molecular weight is 139 g/mol. The second-order valence-electron chi connectivity index (χ2n) is 2.70. The molecule has 1 aliphatic carbocycles. The summed E-state index contributed by atoms with van der Waals surface area (Å²) in [7, 11) is 0. The van der Waals surface area contributed by atoms with Crippen molar-refractivity contribution in [3.8, 4) is 0 Å². The molecule has 0 aromatic heterocycles. The number of aliphatic hydroxyl groups excluding tert-OH is 1. The Morgan fingerprint density at radius 3 is 2.40 bits per heavy atom. The summed E-state index contributed by atoms with van der Waals surface area (Å²) in [6.45, 7) is 2.04. The van der Waals surface area contributed by atoms with Crippen molar-refractivity contribution >= 4 is 0 Å². The number of rotatable bonds is 1. The first-order valence-electron chi connectivity index (χ1n) is 3.50. The number of aliphatic hydroxyl groups is 1. The molecule has 0 amide bonds. The summed E-state index contributed by atoms with van der Waals surface area (Å²) in [6.07, 6.45) is 7.15. The normalized spacial score (nSPS) is 34.3. The third-order valence-corrected chi connectivity index (χ3v) is 1.86. The van der Waals surface area contributed by atoms with Gasteiger partial charge in [-0.3, -0.25) is 0 Å². The molecule has 0 fully saturated rings. The van der Waals surface area contributed by atoms with Gasteiger partial charge in [0, 0.05) is 5.92 Å². The summed E-state index contributed by atoms with van der Waals surface area (Å²) in [5.74, 6) is 0.440. The number of allylic oxidation sites excluding steroid dienone is 3. The fourth-order valence-corrected chi connectivity index (χ4v) is 1.16. The van der Waals surface area contributed by atoms with E-state index in [0.717, 1.165) is 0 Å². The maximum absolute atomic E-state index is 9.04. The molecule has 0 bridgehead atoms. The third kappa shape index (κ3) is 1.46. The van der Waals surface area contributed by atoms with Gasteiger partial charge in [0.1, 0.15) is 6.23 Å². The van der Waals surface area contributed by atoms with Gasteiger partial charge in [0.25, 0.3) is 0 Å². The predicted octanol–water partition coefficient (Wildman–Crippen LogP) is 0.642. The van der Waals surface area contributed by atoms with E-state index < -0.39 is 6.23 Å². The van der Waals surface area contributed by atoms with E-state index in [0.29, 0.717) is 5.92 Å². The second kappa shape index (κ2) is 2.99. The van der Waals surface area contributed by atoms with Gasteiger partial charge in [-0.2, -0.15) is 0 Å². The van der Waals surface area contributed by atoms with E-state index in [1.54, 1.807) is 0 Å². The van der Waals surface area contributed by atoms with E-state index in [9.17, 15) is 0 Å². The minimum Gasteiger partial charge on any atom is -0.378 e. The van der Waals surface area contributed by atoms with Crippen molar-refractivity contribution in [2.45, 2.75) is 13.2 Å². The van der Waals surface area contributed by atoms with Gasteiger partial charge in [0.15, 0.2) is 0 Å². The van der Waals surface area contributed by atoms with Gasteiger partial charge < -0.3 is 10.8 Å². The zero-order valence-corrected chi connectivity index (χ0v) is 6.07. The molecule has 0 aromatic carbocycles. The fourth-order valence-electron chi connectivity index (χ4n) is 1.16. The van der Waals surface area contributed by atoms with Crippen LogP contribution in [0.15, 0.2) is 24.3 Å². The molecule has 0 aromatic rings. The van der Waals surface area contributed by atoms with Crippen LogP contribution in [0.2, 0.25) is 0 Å². The highest BCUT2D eigenvalue weighted by Crippen LogP contribution is 2.19. The van der Waals surface area contributed by atoms with Gasteiger partial charge >= 0.3 is 0 Å². The van der Waals surface area contributed by atoms with Crippen LogP contribution >= 0.6 is 0 Å². The second-order valence-corrected chi connectivity index (χ2v) is 2.70. The highest BCUT2D eigenvalue weighted by Gasteiger charge is 2.18. The number of nitrogens with two attached hydrogens (primary N) is 1. The number of hydrogen-bond acceptors (Lipinski definition) is 2. The standard InChI is InChI=1S/C8H13NO/c1-6-4-2-3-5-7(6)8(9)10/h2-8,10H,9H2,1H3. The quantitative estimate of drug-likeness (QED) is 0.524.